The Bertz CT molecular complexity index is 831. The van der Waals surface area contributed by atoms with Crippen molar-refractivity contribution in [2.45, 2.75) is 6.04 Å². The number of aliphatic imine (C=N–C) groups is 1. The number of benzene rings is 2. The monoisotopic (exact) mass is 339 g/mol. The minimum atomic E-state index is -0.857. The molecule has 0 aliphatic carbocycles. The lowest BCUT2D eigenvalue weighted by Crippen LogP contribution is -2.43. The molecule has 0 unspecified atom stereocenters. The molecule has 0 radical (unpaired) electrons. The molecule has 120 valence electrons. The van der Waals surface area contributed by atoms with Crippen molar-refractivity contribution in [3.63, 3.8) is 0 Å². The zero-order valence-corrected chi connectivity index (χ0v) is 13.3. The SMILES string of the molecule is O=C(/C=C/c1ccccc1)N[C@@H]1C=Nc2ccc(Cl)cc2NC1=O. The van der Waals surface area contributed by atoms with Gasteiger partial charge in [-0.25, -0.2) is 0 Å². The highest BCUT2D eigenvalue weighted by molar-refractivity contribution is 6.31. The molecular formula is C18H14ClN3O2. The first-order chi connectivity index (χ1) is 11.6. The number of hydrogen-bond acceptors (Lipinski definition) is 3. The van der Waals surface area contributed by atoms with E-state index in [0.29, 0.717) is 16.4 Å². The van der Waals surface area contributed by atoms with Crippen LogP contribution in [0.5, 0.6) is 0 Å². The van der Waals surface area contributed by atoms with E-state index in [2.05, 4.69) is 15.6 Å². The van der Waals surface area contributed by atoms with Crippen LogP contribution >= 0.6 is 11.6 Å². The third kappa shape index (κ3) is 3.88. The van der Waals surface area contributed by atoms with Gasteiger partial charge in [-0.2, -0.15) is 0 Å². The number of rotatable bonds is 3. The van der Waals surface area contributed by atoms with Gasteiger partial charge in [-0.05, 0) is 29.8 Å². The lowest BCUT2D eigenvalue weighted by Gasteiger charge is -2.11. The maximum Gasteiger partial charge on any atom is 0.252 e. The van der Waals surface area contributed by atoms with Gasteiger partial charge in [-0.1, -0.05) is 41.9 Å². The number of anilines is 1. The maximum absolute atomic E-state index is 12.2. The summed E-state index contributed by atoms with van der Waals surface area (Å²) >= 11 is 5.92. The fraction of sp³-hybridized carbons (Fsp3) is 0.0556. The molecular weight excluding hydrogens is 326 g/mol. The molecule has 2 aromatic carbocycles. The van der Waals surface area contributed by atoms with E-state index in [9.17, 15) is 9.59 Å². The standard InChI is InChI=1S/C18H14ClN3O2/c19-13-7-8-14-15(10-13)22-18(24)16(11-20-14)21-17(23)9-6-12-4-2-1-3-5-12/h1-11,16H,(H,21,23)(H,22,24)/b9-6+/t16-/m1/s1. The van der Waals surface area contributed by atoms with Gasteiger partial charge in [0.1, 0.15) is 6.04 Å². The molecule has 2 N–H and O–H groups in total. The van der Waals surface area contributed by atoms with Crippen LogP contribution in [0.3, 0.4) is 0 Å². The van der Waals surface area contributed by atoms with Crippen molar-refractivity contribution in [2.75, 3.05) is 5.32 Å². The first-order valence-corrected chi connectivity index (χ1v) is 7.68. The Morgan fingerprint density at radius 3 is 2.79 bits per heavy atom. The highest BCUT2D eigenvalue weighted by Gasteiger charge is 2.21. The van der Waals surface area contributed by atoms with Crippen LogP contribution in [0.25, 0.3) is 6.08 Å². The molecule has 2 amide bonds. The predicted octanol–water partition coefficient (Wildman–Crippen LogP) is 3.19. The van der Waals surface area contributed by atoms with E-state index in [-0.39, 0.29) is 11.8 Å². The smallest absolute Gasteiger partial charge is 0.252 e. The van der Waals surface area contributed by atoms with Gasteiger partial charge in [0.2, 0.25) is 5.91 Å². The lowest BCUT2D eigenvalue weighted by molar-refractivity contribution is -0.122. The van der Waals surface area contributed by atoms with Crippen LogP contribution in [0, 0.1) is 0 Å². The van der Waals surface area contributed by atoms with E-state index >= 15 is 0 Å². The molecule has 2 aromatic rings. The van der Waals surface area contributed by atoms with E-state index in [1.807, 2.05) is 30.3 Å². The minimum Gasteiger partial charge on any atom is -0.336 e. The Morgan fingerprint density at radius 2 is 2.00 bits per heavy atom. The molecule has 1 aliphatic rings. The van der Waals surface area contributed by atoms with E-state index in [4.69, 9.17) is 11.6 Å². The van der Waals surface area contributed by atoms with Crippen molar-refractivity contribution in [3.8, 4) is 0 Å². The molecule has 0 fully saturated rings. The lowest BCUT2D eigenvalue weighted by atomic mass is 10.2. The molecule has 6 heteroatoms. The van der Waals surface area contributed by atoms with Crippen molar-refractivity contribution in [1.29, 1.82) is 0 Å². The van der Waals surface area contributed by atoms with Gasteiger partial charge in [0, 0.05) is 17.3 Å². The molecule has 1 heterocycles. The van der Waals surface area contributed by atoms with Gasteiger partial charge in [0.25, 0.3) is 5.91 Å². The van der Waals surface area contributed by atoms with Gasteiger partial charge in [0.05, 0.1) is 11.4 Å². The summed E-state index contributed by atoms with van der Waals surface area (Å²) in [6.07, 6.45) is 4.46. The zero-order valence-electron chi connectivity index (χ0n) is 12.6. The number of carbonyl (C=O) groups is 2. The van der Waals surface area contributed by atoms with Gasteiger partial charge >= 0.3 is 0 Å². The summed E-state index contributed by atoms with van der Waals surface area (Å²) in [7, 11) is 0. The highest BCUT2D eigenvalue weighted by atomic mass is 35.5. The first-order valence-electron chi connectivity index (χ1n) is 7.30. The Balaban J connectivity index is 1.69. The second kappa shape index (κ2) is 7.10. The molecule has 3 rings (SSSR count). The summed E-state index contributed by atoms with van der Waals surface area (Å²) in [5.41, 5.74) is 2.00. The maximum atomic E-state index is 12.2. The molecule has 24 heavy (non-hydrogen) atoms. The van der Waals surface area contributed by atoms with Crippen LogP contribution in [0.1, 0.15) is 5.56 Å². The van der Waals surface area contributed by atoms with E-state index in [0.717, 1.165) is 5.56 Å². The number of hydrogen-bond donors (Lipinski definition) is 2. The van der Waals surface area contributed by atoms with Crippen molar-refractivity contribution < 1.29 is 9.59 Å². The average Bonchev–Trinajstić information content (AvgIpc) is 2.73. The fourth-order valence-corrected chi connectivity index (χ4v) is 2.37. The summed E-state index contributed by atoms with van der Waals surface area (Å²) in [6, 6.07) is 13.6. The number of nitrogens with one attached hydrogen (secondary N) is 2. The van der Waals surface area contributed by atoms with Crippen molar-refractivity contribution in [3.05, 3.63) is 65.2 Å². The third-order valence-corrected chi connectivity index (χ3v) is 3.62. The van der Waals surface area contributed by atoms with Crippen LogP contribution in [0.4, 0.5) is 11.4 Å². The molecule has 1 aliphatic heterocycles. The van der Waals surface area contributed by atoms with Gasteiger partial charge < -0.3 is 10.6 Å². The summed E-state index contributed by atoms with van der Waals surface area (Å²) in [5, 5.41) is 5.81. The topological polar surface area (TPSA) is 70.6 Å². The summed E-state index contributed by atoms with van der Waals surface area (Å²) in [5.74, 6) is -0.754. The first kappa shape index (κ1) is 16.0. The summed E-state index contributed by atoms with van der Waals surface area (Å²) in [4.78, 5) is 28.4. The van der Waals surface area contributed by atoms with E-state index in [1.54, 1.807) is 24.3 Å². The summed E-state index contributed by atoms with van der Waals surface area (Å²) in [6.45, 7) is 0. The molecule has 1 atom stereocenters. The second-order valence-electron chi connectivity index (χ2n) is 5.16. The number of halogens is 1. The number of nitrogens with zero attached hydrogens (tertiary/aromatic N) is 1. The summed E-state index contributed by atoms with van der Waals surface area (Å²) < 4.78 is 0. The number of fused-ring (bicyclic) bond motifs is 1. The van der Waals surface area contributed by atoms with E-state index in [1.165, 1.54) is 12.3 Å². The Morgan fingerprint density at radius 1 is 1.21 bits per heavy atom. The van der Waals surface area contributed by atoms with Crippen molar-refractivity contribution in [1.82, 2.24) is 5.32 Å². The van der Waals surface area contributed by atoms with Crippen LogP contribution in [0.2, 0.25) is 5.02 Å². The van der Waals surface area contributed by atoms with Crippen LogP contribution in [-0.2, 0) is 9.59 Å². The molecule has 0 bridgehead atoms. The number of amides is 2. The van der Waals surface area contributed by atoms with E-state index < -0.39 is 6.04 Å². The Kier molecular flexibility index (Phi) is 4.72. The largest absolute Gasteiger partial charge is 0.336 e. The van der Waals surface area contributed by atoms with Gasteiger partial charge in [0.15, 0.2) is 0 Å². The Labute approximate surface area is 144 Å². The fourth-order valence-electron chi connectivity index (χ4n) is 2.19. The van der Waals surface area contributed by atoms with Crippen LogP contribution in [-0.4, -0.2) is 24.1 Å². The minimum absolute atomic E-state index is 0.374. The molecule has 0 aromatic heterocycles. The second-order valence-corrected chi connectivity index (χ2v) is 5.60. The van der Waals surface area contributed by atoms with Crippen molar-refractivity contribution >= 4 is 47.1 Å². The Hall–Kier alpha value is -2.92. The normalized spacial score (nSPS) is 16.4. The molecule has 5 nitrogen and oxygen atoms in total. The van der Waals surface area contributed by atoms with Gasteiger partial charge in [-0.3, -0.25) is 14.6 Å². The quantitative estimate of drug-likeness (QED) is 0.843. The number of carbonyl (C=O) groups excluding carboxylic acids is 2. The molecule has 0 spiro atoms. The average molecular weight is 340 g/mol. The third-order valence-electron chi connectivity index (χ3n) is 3.39. The van der Waals surface area contributed by atoms with Crippen LogP contribution < -0.4 is 10.6 Å². The zero-order chi connectivity index (χ0) is 16.9. The molecule has 0 saturated heterocycles. The van der Waals surface area contributed by atoms with Gasteiger partial charge in [-0.15, -0.1) is 0 Å². The predicted molar refractivity (Wildman–Crippen MR) is 95.6 cm³/mol. The van der Waals surface area contributed by atoms with Crippen molar-refractivity contribution in [2.24, 2.45) is 4.99 Å². The molecule has 0 saturated carbocycles. The highest BCUT2D eigenvalue weighted by Crippen LogP contribution is 2.29. The van der Waals surface area contributed by atoms with Crippen LogP contribution in [0.15, 0.2) is 59.6 Å².